The second kappa shape index (κ2) is 5.67. The maximum Gasteiger partial charge on any atom is 0.300 e. The van der Waals surface area contributed by atoms with Gasteiger partial charge in [0.2, 0.25) is 5.52 Å². The molecule has 2 aromatic rings. The number of nitrogens with one attached hydrogen (secondary N) is 1. The summed E-state index contributed by atoms with van der Waals surface area (Å²) < 4.78 is 4.68. The summed E-state index contributed by atoms with van der Waals surface area (Å²) in [7, 11) is 0. The SMILES string of the molecule is CCC1CCCC(Nc2ccc([N+](=O)[O-])c3nonc23)C1. The molecule has 1 saturated carbocycles. The molecule has 0 spiro atoms. The summed E-state index contributed by atoms with van der Waals surface area (Å²) in [5, 5.41) is 21.9. The molecule has 7 nitrogen and oxygen atoms in total. The molecule has 21 heavy (non-hydrogen) atoms. The van der Waals surface area contributed by atoms with Crippen LogP contribution in [-0.2, 0) is 0 Å². The molecule has 0 radical (unpaired) electrons. The summed E-state index contributed by atoms with van der Waals surface area (Å²) in [5.41, 5.74) is 1.32. The van der Waals surface area contributed by atoms with Crippen molar-refractivity contribution < 1.29 is 9.55 Å². The summed E-state index contributed by atoms with van der Waals surface area (Å²) in [6, 6.07) is 3.53. The van der Waals surface area contributed by atoms with Crippen LogP contribution >= 0.6 is 0 Å². The number of benzene rings is 1. The molecule has 0 aliphatic heterocycles. The molecule has 1 aliphatic carbocycles. The molecule has 1 aromatic heterocycles. The number of nitro benzene ring substituents is 1. The van der Waals surface area contributed by atoms with Crippen LogP contribution in [0.2, 0.25) is 0 Å². The topological polar surface area (TPSA) is 94.1 Å². The van der Waals surface area contributed by atoms with E-state index in [-0.39, 0.29) is 11.2 Å². The maximum absolute atomic E-state index is 11.0. The zero-order chi connectivity index (χ0) is 14.8. The summed E-state index contributed by atoms with van der Waals surface area (Å²) in [4.78, 5) is 10.5. The largest absolute Gasteiger partial charge is 0.380 e. The molecular weight excluding hydrogens is 272 g/mol. The lowest BCUT2D eigenvalue weighted by Gasteiger charge is -2.29. The van der Waals surface area contributed by atoms with Crippen LogP contribution in [-0.4, -0.2) is 21.3 Å². The maximum atomic E-state index is 11.0. The second-order valence-electron chi connectivity index (χ2n) is 5.63. The molecule has 1 aliphatic rings. The van der Waals surface area contributed by atoms with Crippen molar-refractivity contribution in [1.29, 1.82) is 0 Å². The Morgan fingerprint density at radius 2 is 2.19 bits per heavy atom. The Morgan fingerprint density at radius 3 is 2.95 bits per heavy atom. The zero-order valence-corrected chi connectivity index (χ0v) is 11.9. The van der Waals surface area contributed by atoms with Crippen LogP contribution in [0.15, 0.2) is 16.8 Å². The van der Waals surface area contributed by atoms with Crippen molar-refractivity contribution >= 4 is 22.4 Å². The Kier molecular flexibility index (Phi) is 3.72. The van der Waals surface area contributed by atoms with Gasteiger partial charge in [-0.25, -0.2) is 4.63 Å². The van der Waals surface area contributed by atoms with Gasteiger partial charge in [-0.1, -0.05) is 26.2 Å². The monoisotopic (exact) mass is 290 g/mol. The van der Waals surface area contributed by atoms with Gasteiger partial charge in [0.15, 0.2) is 5.52 Å². The molecule has 1 fully saturated rings. The third kappa shape index (κ3) is 2.68. The smallest absolute Gasteiger partial charge is 0.300 e. The minimum absolute atomic E-state index is 0.0770. The van der Waals surface area contributed by atoms with Crippen molar-refractivity contribution in [1.82, 2.24) is 10.3 Å². The number of rotatable bonds is 4. The van der Waals surface area contributed by atoms with Gasteiger partial charge in [0.1, 0.15) is 0 Å². The van der Waals surface area contributed by atoms with E-state index in [0.717, 1.165) is 24.4 Å². The molecule has 1 aromatic carbocycles. The number of fused-ring (bicyclic) bond motifs is 1. The highest BCUT2D eigenvalue weighted by Crippen LogP contribution is 2.32. The first-order chi connectivity index (χ1) is 10.2. The quantitative estimate of drug-likeness (QED) is 0.684. The standard InChI is InChI=1S/C14H18N4O3/c1-2-9-4-3-5-10(8-9)15-11-6-7-12(18(19)20)14-13(11)16-21-17-14/h6-7,9-10,15H,2-5,8H2,1H3. The van der Waals surface area contributed by atoms with Crippen LogP contribution in [0.4, 0.5) is 11.4 Å². The van der Waals surface area contributed by atoms with Crippen LogP contribution < -0.4 is 5.32 Å². The van der Waals surface area contributed by atoms with E-state index < -0.39 is 4.92 Å². The summed E-state index contributed by atoms with van der Waals surface area (Å²) in [6.45, 7) is 2.22. The van der Waals surface area contributed by atoms with Gasteiger partial charge in [0, 0.05) is 12.1 Å². The highest BCUT2D eigenvalue weighted by Gasteiger charge is 2.24. The first-order valence-electron chi connectivity index (χ1n) is 7.35. The number of hydrogen-bond donors (Lipinski definition) is 1. The first kappa shape index (κ1) is 13.8. The number of nitrogens with zero attached hydrogens (tertiary/aromatic N) is 3. The van der Waals surface area contributed by atoms with E-state index >= 15 is 0 Å². The molecule has 2 atom stereocenters. The van der Waals surface area contributed by atoms with Crippen LogP contribution in [0.1, 0.15) is 39.0 Å². The van der Waals surface area contributed by atoms with Gasteiger partial charge in [-0.05, 0) is 35.1 Å². The molecule has 0 amide bonds. The van der Waals surface area contributed by atoms with Crippen molar-refractivity contribution in [3.63, 3.8) is 0 Å². The van der Waals surface area contributed by atoms with Crippen molar-refractivity contribution in [2.45, 2.75) is 45.1 Å². The first-order valence-corrected chi connectivity index (χ1v) is 7.35. The molecule has 7 heteroatoms. The van der Waals surface area contributed by atoms with E-state index in [2.05, 4.69) is 27.2 Å². The predicted molar refractivity (Wildman–Crippen MR) is 78.1 cm³/mol. The molecule has 3 rings (SSSR count). The van der Waals surface area contributed by atoms with Crippen LogP contribution in [0.25, 0.3) is 11.0 Å². The highest BCUT2D eigenvalue weighted by atomic mass is 16.6. The van der Waals surface area contributed by atoms with E-state index in [1.165, 1.54) is 25.3 Å². The van der Waals surface area contributed by atoms with Crippen molar-refractivity contribution in [3.05, 3.63) is 22.2 Å². The molecule has 1 heterocycles. The number of nitro groups is 1. The highest BCUT2D eigenvalue weighted by molar-refractivity contribution is 5.93. The minimum Gasteiger partial charge on any atom is -0.380 e. The third-order valence-corrected chi connectivity index (χ3v) is 4.31. The van der Waals surface area contributed by atoms with Gasteiger partial charge in [0.25, 0.3) is 0 Å². The zero-order valence-electron chi connectivity index (χ0n) is 11.9. The number of anilines is 1. The third-order valence-electron chi connectivity index (χ3n) is 4.31. The van der Waals surface area contributed by atoms with E-state index in [9.17, 15) is 10.1 Å². The molecule has 0 saturated heterocycles. The van der Waals surface area contributed by atoms with Gasteiger partial charge in [0.05, 0.1) is 10.6 Å². The lowest BCUT2D eigenvalue weighted by atomic mass is 9.84. The van der Waals surface area contributed by atoms with Crippen molar-refractivity contribution in [2.75, 3.05) is 5.32 Å². The Labute approximate surface area is 121 Å². The van der Waals surface area contributed by atoms with E-state index in [1.54, 1.807) is 6.07 Å². The summed E-state index contributed by atoms with van der Waals surface area (Å²) in [5.74, 6) is 0.750. The fourth-order valence-electron chi connectivity index (χ4n) is 3.13. The average molecular weight is 290 g/mol. The fourth-order valence-corrected chi connectivity index (χ4v) is 3.13. The predicted octanol–water partition coefficient (Wildman–Crippen LogP) is 3.51. The molecule has 2 unspecified atom stereocenters. The fraction of sp³-hybridized carbons (Fsp3) is 0.571. The van der Waals surface area contributed by atoms with Gasteiger partial charge < -0.3 is 5.32 Å². The van der Waals surface area contributed by atoms with Crippen LogP contribution in [0, 0.1) is 16.0 Å². The average Bonchev–Trinajstić information content (AvgIpc) is 2.97. The summed E-state index contributed by atoms with van der Waals surface area (Å²) in [6.07, 6.45) is 5.93. The van der Waals surface area contributed by atoms with Gasteiger partial charge >= 0.3 is 5.69 Å². The second-order valence-corrected chi connectivity index (χ2v) is 5.63. The lowest BCUT2D eigenvalue weighted by molar-refractivity contribution is -0.383. The number of hydrogen-bond acceptors (Lipinski definition) is 6. The number of aromatic nitrogens is 2. The minimum atomic E-state index is -0.468. The van der Waals surface area contributed by atoms with Gasteiger partial charge in [-0.2, -0.15) is 0 Å². The lowest BCUT2D eigenvalue weighted by Crippen LogP contribution is -2.27. The van der Waals surface area contributed by atoms with Crippen LogP contribution in [0.3, 0.4) is 0 Å². The van der Waals surface area contributed by atoms with Crippen LogP contribution in [0.5, 0.6) is 0 Å². The van der Waals surface area contributed by atoms with Gasteiger partial charge in [-0.15, -0.1) is 0 Å². The normalized spacial score (nSPS) is 22.3. The van der Waals surface area contributed by atoms with Gasteiger partial charge in [-0.3, -0.25) is 10.1 Å². The molecule has 0 bridgehead atoms. The van der Waals surface area contributed by atoms with E-state index in [1.807, 2.05) is 0 Å². The van der Waals surface area contributed by atoms with Crippen molar-refractivity contribution in [2.24, 2.45) is 5.92 Å². The summed E-state index contributed by atoms with van der Waals surface area (Å²) >= 11 is 0. The van der Waals surface area contributed by atoms with E-state index in [0.29, 0.717) is 11.6 Å². The number of non-ortho nitro benzene ring substituents is 1. The van der Waals surface area contributed by atoms with Crippen molar-refractivity contribution in [3.8, 4) is 0 Å². The Hall–Kier alpha value is -2.18. The molecule has 112 valence electrons. The Balaban J connectivity index is 1.86. The Morgan fingerprint density at radius 1 is 1.38 bits per heavy atom. The molecular formula is C14H18N4O3. The molecule has 1 N–H and O–H groups in total. The Bertz CT molecular complexity index is 655. The van der Waals surface area contributed by atoms with E-state index in [4.69, 9.17) is 0 Å².